The molecular formula is C21H27N. The number of aryl methyl sites for hydroxylation is 1. The van der Waals surface area contributed by atoms with Crippen molar-refractivity contribution in [3.63, 3.8) is 0 Å². The average Bonchev–Trinajstić information content (AvgIpc) is 2.62. The SMILES string of the molecule is CCc1ccc(C2(CN)CCCCC2)cc1-c1ccccc1. The number of rotatable bonds is 4. The first-order valence-electron chi connectivity index (χ1n) is 8.68. The fourth-order valence-corrected chi connectivity index (χ4v) is 3.94. The van der Waals surface area contributed by atoms with Gasteiger partial charge in [-0.15, -0.1) is 0 Å². The van der Waals surface area contributed by atoms with Crippen molar-refractivity contribution in [2.24, 2.45) is 5.73 Å². The molecule has 0 radical (unpaired) electrons. The second-order valence-electron chi connectivity index (χ2n) is 6.64. The summed E-state index contributed by atoms with van der Waals surface area (Å²) in [6.45, 7) is 3.01. The molecule has 0 bridgehead atoms. The summed E-state index contributed by atoms with van der Waals surface area (Å²) < 4.78 is 0. The molecule has 0 saturated heterocycles. The van der Waals surface area contributed by atoms with Crippen LogP contribution in [0.25, 0.3) is 11.1 Å². The Morgan fingerprint density at radius 3 is 2.32 bits per heavy atom. The van der Waals surface area contributed by atoms with Crippen LogP contribution in [0, 0.1) is 0 Å². The van der Waals surface area contributed by atoms with E-state index in [-0.39, 0.29) is 5.41 Å². The zero-order valence-electron chi connectivity index (χ0n) is 13.6. The summed E-state index contributed by atoms with van der Waals surface area (Å²) in [5.74, 6) is 0. The van der Waals surface area contributed by atoms with Gasteiger partial charge in [0, 0.05) is 12.0 Å². The lowest BCUT2D eigenvalue weighted by Gasteiger charge is -2.37. The first-order chi connectivity index (χ1) is 10.8. The Balaban J connectivity index is 2.07. The Morgan fingerprint density at radius 2 is 1.68 bits per heavy atom. The minimum absolute atomic E-state index is 0.202. The third-order valence-electron chi connectivity index (χ3n) is 5.39. The zero-order chi connectivity index (χ0) is 15.4. The van der Waals surface area contributed by atoms with Crippen molar-refractivity contribution in [3.05, 3.63) is 59.7 Å². The van der Waals surface area contributed by atoms with E-state index in [9.17, 15) is 0 Å². The van der Waals surface area contributed by atoms with Gasteiger partial charge in [0.05, 0.1) is 0 Å². The summed E-state index contributed by atoms with van der Waals surface area (Å²) in [5.41, 5.74) is 12.0. The molecule has 1 aliphatic carbocycles. The van der Waals surface area contributed by atoms with Crippen LogP contribution in [-0.4, -0.2) is 6.54 Å². The molecule has 1 saturated carbocycles. The van der Waals surface area contributed by atoms with Crippen LogP contribution < -0.4 is 5.73 Å². The maximum absolute atomic E-state index is 6.23. The average molecular weight is 293 g/mol. The second-order valence-corrected chi connectivity index (χ2v) is 6.64. The van der Waals surface area contributed by atoms with Crippen LogP contribution in [0.3, 0.4) is 0 Å². The molecule has 1 aliphatic rings. The van der Waals surface area contributed by atoms with Crippen molar-refractivity contribution in [2.75, 3.05) is 6.54 Å². The van der Waals surface area contributed by atoms with E-state index < -0.39 is 0 Å². The van der Waals surface area contributed by atoms with Crippen molar-refractivity contribution in [3.8, 4) is 11.1 Å². The highest BCUT2D eigenvalue weighted by Gasteiger charge is 2.32. The Labute approximate surface area is 134 Å². The molecule has 1 heteroatoms. The molecule has 2 aromatic carbocycles. The molecule has 2 N–H and O–H groups in total. The number of benzene rings is 2. The zero-order valence-corrected chi connectivity index (χ0v) is 13.6. The van der Waals surface area contributed by atoms with Gasteiger partial charge >= 0.3 is 0 Å². The van der Waals surface area contributed by atoms with E-state index in [4.69, 9.17) is 5.73 Å². The van der Waals surface area contributed by atoms with Crippen LogP contribution in [-0.2, 0) is 11.8 Å². The Bertz CT molecular complexity index is 609. The minimum Gasteiger partial charge on any atom is -0.330 e. The maximum atomic E-state index is 6.23. The van der Waals surface area contributed by atoms with Crippen LogP contribution in [0.4, 0.5) is 0 Å². The normalized spacial score (nSPS) is 17.4. The van der Waals surface area contributed by atoms with Gasteiger partial charge in [0.15, 0.2) is 0 Å². The van der Waals surface area contributed by atoms with Crippen molar-refractivity contribution < 1.29 is 0 Å². The highest BCUT2D eigenvalue weighted by Crippen LogP contribution is 2.40. The van der Waals surface area contributed by atoms with Crippen LogP contribution in [0.15, 0.2) is 48.5 Å². The van der Waals surface area contributed by atoms with E-state index >= 15 is 0 Å². The minimum atomic E-state index is 0.202. The molecular weight excluding hydrogens is 266 g/mol. The van der Waals surface area contributed by atoms with E-state index in [1.807, 2.05) is 0 Å². The van der Waals surface area contributed by atoms with Gasteiger partial charge in [-0.3, -0.25) is 0 Å². The smallest absolute Gasteiger partial charge is 0.00757 e. The molecule has 0 heterocycles. The summed E-state index contributed by atoms with van der Waals surface area (Å²) >= 11 is 0. The molecule has 0 spiro atoms. The van der Waals surface area contributed by atoms with Crippen LogP contribution in [0.5, 0.6) is 0 Å². The van der Waals surface area contributed by atoms with Crippen molar-refractivity contribution in [2.45, 2.75) is 50.9 Å². The lowest BCUT2D eigenvalue weighted by molar-refractivity contribution is 0.301. The monoisotopic (exact) mass is 293 g/mol. The lowest BCUT2D eigenvalue weighted by atomic mass is 9.69. The molecule has 3 rings (SSSR count). The van der Waals surface area contributed by atoms with E-state index in [1.165, 1.54) is 54.4 Å². The van der Waals surface area contributed by atoms with Crippen molar-refractivity contribution >= 4 is 0 Å². The number of hydrogen-bond donors (Lipinski definition) is 1. The molecule has 0 aliphatic heterocycles. The predicted molar refractivity (Wildman–Crippen MR) is 95.1 cm³/mol. The molecule has 1 fully saturated rings. The topological polar surface area (TPSA) is 26.0 Å². The fraction of sp³-hybridized carbons (Fsp3) is 0.429. The molecule has 116 valence electrons. The summed E-state index contributed by atoms with van der Waals surface area (Å²) in [4.78, 5) is 0. The van der Waals surface area contributed by atoms with Gasteiger partial charge in [0.2, 0.25) is 0 Å². The highest BCUT2D eigenvalue weighted by molar-refractivity contribution is 5.68. The number of nitrogens with two attached hydrogens (primary N) is 1. The quantitative estimate of drug-likeness (QED) is 0.836. The molecule has 1 nitrogen and oxygen atoms in total. The third-order valence-corrected chi connectivity index (χ3v) is 5.39. The van der Waals surface area contributed by atoms with E-state index in [0.717, 1.165) is 13.0 Å². The first-order valence-corrected chi connectivity index (χ1v) is 8.68. The first kappa shape index (κ1) is 15.3. The predicted octanol–water partition coefficient (Wildman–Crippen LogP) is 5.08. The second kappa shape index (κ2) is 6.66. The van der Waals surface area contributed by atoms with Gasteiger partial charge in [0.25, 0.3) is 0 Å². The Hall–Kier alpha value is -1.60. The molecule has 2 aromatic rings. The molecule has 0 amide bonds. The lowest BCUT2D eigenvalue weighted by Crippen LogP contribution is -2.37. The fourth-order valence-electron chi connectivity index (χ4n) is 3.94. The summed E-state index contributed by atoms with van der Waals surface area (Å²) in [7, 11) is 0. The number of hydrogen-bond acceptors (Lipinski definition) is 1. The Morgan fingerprint density at radius 1 is 0.955 bits per heavy atom. The maximum Gasteiger partial charge on any atom is 0.00757 e. The molecule has 0 atom stereocenters. The van der Waals surface area contributed by atoms with E-state index in [2.05, 4.69) is 55.5 Å². The van der Waals surface area contributed by atoms with Gasteiger partial charge in [-0.2, -0.15) is 0 Å². The summed E-state index contributed by atoms with van der Waals surface area (Å²) in [6.07, 6.45) is 7.54. The third kappa shape index (κ3) is 2.83. The summed E-state index contributed by atoms with van der Waals surface area (Å²) in [5, 5.41) is 0. The largest absolute Gasteiger partial charge is 0.330 e. The highest BCUT2D eigenvalue weighted by atomic mass is 14.6. The van der Waals surface area contributed by atoms with Crippen molar-refractivity contribution in [1.29, 1.82) is 0 Å². The van der Waals surface area contributed by atoms with Crippen LogP contribution in [0.2, 0.25) is 0 Å². The van der Waals surface area contributed by atoms with Gasteiger partial charge in [-0.1, -0.05) is 74.7 Å². The summed E-state index contributed by atoms with van der Waals surface area (Å²) in [6, 6.07) is 17.9. The van der Waals surface area contributed by atoms with Gasteiger partial charge in [0.1, 0.15) is 0 Å². The van der Waals surface area contributed by atoms with Gasteiger partial charge in [-0.05, 0) is 41.5 Å². The van der Waals surface area contributed by atoms with E-state index in [1.54, 1.807) is 0 Å². The van der Waals surface area contributed by atoms with Crippen LogP contribution >= 0.6 is 0 Å². The van der Waals surface area contributed by atoms with Crippen molar-refractivity contribution in [1.82, 2.24) is 0 Å². The standard InChI is InChI=1S/C21H27N/c1-2-17-11-12-19(21(16-22)13-7-4-8-14-21)15-20(17)18-9-5-3-6-10-18/h3,5-6,9-12,15H,2,4,7-8,13-14,16,22H2,1H3. The van der Waals surface area contributed by atoms with Crippen LogP contribution in [0.1, 0.15) is 50.2 Å². The molecule has 0 unspecified atom stereocenters. The van der Waals surface area contributed by atoms with Gasteiger partial charge < -0.3 is 5.73 Å². The van der Waals surface area contributed by atoms with E-state index in [0.29, 0.717) is 0 Å². The molecule has 22 heavy (non-hydrogen) atoms. The Kier molecular flexibility index (Phi) is 4.63. The van der Waals surface area contributed by atoms with Gasteiger partial charge in [-0.25, -0.2) is 0 Å². The molecule has 0 aromatic heterocycles.